The van der Waals surface area contributed by atoms with Gasteiger partial charge < -0.3 is 9.67 Å². The van der Waals surface area contributed by atoms with Crippen LogP contribution in [-0.4, -0.2) is 29.4 Å². The highest BCUT2D eigenvalue weighted by atomic mass is 19.1. The Morgan fingerprint density at radius 3 is 2.75 bits per heavy atom. The summed E-state index contributed by atoms with van der Waals surface area (Å²) < 4.78 is 17.8. The number of hydrogen-bond donors (Lipinski definition) is 1. The molecule has 0 radical (unpaired) electrons. The second-order valence-corrected chi connectivity index (χ2v) is 8.85. The molecule has 1 atom stereocenters. The van der Waals surface area contributed by atoms with Crippen LogP contribution in [0.5, 0.6) is 0 Å². The molecule has 1 fully saturated rings. The van der Waals surface area contributed by atoms with Crippen molar-refractivity contribution >= 4 is 0 Å². The number of rotatable bonds is 6. The molecule has 6 rings (SSSR count). The third kappa shape index (κ3) is 3.15. The third-order valence-electron chi connectivity index (χ3n) is 6.77. The number of hydrogen-bond acceptors (Lipinski definition) is 4. The monoisotopic (exact) mass is 429 g/mol. The Balaban J connectivity index is 1.40. The Morgan fingerprint density at radius 2 is 1.94 bits per heavy atom. The highest BCUT2D eigenvalue weighted by Crippen LogP contribution is 2.49. The van der Waals surface area contributed by atoms with E-state index in [-0.39, 0.29) is 11.7 Å². The van der Waals surface area contributed by atoms with Gasteiger partial charge >= 0.3 is 0 Å². The van der Waals surface area contributed by atoms with E-state index in [1.165, 1.54) is 24.0 Å². The van der Waals surface area contributed by atoms with Crippen LogP contribution in [0.4, 0.5) is 4.39 Å². The van der Waals surface area contributed by atoms with E-state index in [1.54, 1.807) is 17.1 Å². The highest BCUT2D eigenvalue weighted by molar-refractivity contribution is 5.69. The highest BCUT2D eigenvalue weighted by Gasteiger charge is 2.48. The maximum absolute atomic E-state index is 14.1. The maximum Gasteiger partial charge on any atom is 0.160 e. The van der Waals surface area contributed by atoms with Crippen LogP contribution in [0.15, 0.2) is 61.2 Å². The van der Waals surface area contributed by atoms with Crippen LogP contribution in [0.25, 0.3) is 17.1 Å². The summed E-state index contributed by atoms with van der Waals surface area (Å²) in [4.78, 5) is 9.11. The number of halogens is 1. The molecule has 0 spiro atoms. The zero-order chi connectivity index (χ0) is 21.7. The van der Waals surface area contributed by atoms with E-state index in [0.29, 0.717) is 30.0 Å². The fourth-order valence-electron chi connectivity index (χ4n) is 5.01. The molecule has 3 heterocycles. The number of fused-ring (bicyclic) bond motifs is 5. The van der Waals surface area contributed by atoms with Crippen molar-refractivity contribution in [1.29, 1.82) is 0 Å². The SMILES string of the molecule is OC(CCCc1ccccc1)(c1ncn2c1Cn1ncnc1-c1cc(F)ccc1-2)C1CC1. The molecule has 2 aromatic carbocycles. The minimum Gasteiger partial charge on any atom is -0.383 e. The lowest BCUT2D eigenvalue weighted by molar-refractivity contribution is -0.00255. The number of imidazole rings is 1. The zero-order valence-corrected chi connectivity index (χ0v) is 17.7. The second-order valence-electron chi connectivity index (χ2n) is 8.85. The van der Waals surface area contributed by atoms with Gasteiger partial charge in [0.15, 0.2) is 5.82 Å². The molecule has 6 nitrogen and oxygen atoms in total. The molecular weight excluding hydrogens is 405 g/mol. The number of aliphatic hydroxyl groups is 1. The van der Waals surface area contributed by atoms with Gasteiger partial charge in [-0.2, -0.15) is 5.10 Å². The van der Waals surface area contributed by atoms with Gasteiger partial charge in [-0.15, -0.1) is 0 Å². The van der Waals surface area contributed by atoms with Gasteiger partial charge in [0, 0.05) is 5.56 Å². The fourth-order valence-corrected chi connectivity index (χ4v) is 5.01. The Hall–Kier alpha value is -3.32. The van der Waals surface area contributed by atoms with Gasteiger partial charge in [-0.25, -0.2) is 19.0 Å². The normalized spacial score (nSPS) is 16.6. The van der Waals surface area contributed by atoms with E-state index >= 15 is 0 Å². The lowest BCUT2D eigenvalue weighted by Gasteiger charge is -2.28. The molecule has 7 heteroatoms. The molecule has 162 valence electrons. The summed E-state index contributed by atoms with van der Waals surface area (Å²) in [5.74, 6) is 0.509. The fraction of sp³-hybridized carbons (Fsp3) is 0.320. The quantitative estimate of drug-likeness (QED) is 0.438. The van der Waals surface area contributed by atoms with Crippen molar-refractivity contribution in [3.8, 4) is 17.1 Å². The van der Waals surface area contributed by atoms with Crippen LogP contribution in [-0.2, 0) is 18.6 Å². The van der Waals surface area contributed by atoms with Crippen LogP contribution in [0, 0.1) is 11.7 Å². The molecule has 32 heavy (non-hydrogen) atoms. The van der Waals surface area contributed by atoms with Gasteiger partial charge in [-0.05, 0) is 61.8 Å². The zero-order valence-electron chi connectivity index (χ0n) is 17.7. The lowest BCUT2D eigenvalue weighted by Crippen LogP contribution is -2.31. The largest absolute Gasteiger partial charge is 0.383 e. The second kappa shape index (κ2) is 7.38. The van der Waals surface area contributed by atoms with E-state index in [4.69, 9.17) is 4.98 Å². The van der Waals surface area contributed by atoms with Gasteiger partial charge in [-0.3, -0.25) is 0 Å². The van der Waals surface area contributed by atoms with Gasteiger partial charge in [0.1, 0.15) is 17.7 Å². The van der Waals surface area contributed by atoms with Crippen LogP contribution >= 0.6 is 0 Å². The first kappa shape index (κ1) is 19.4. The summed E-state index contributed by atoms with van der Waals surface area (Å²) in [6, 6.07) is 15.0. The number of aromatic nitrogens is 5. The third-order valence-corrected chi connectivity index (χ3v) is 6.77. The molecule has 1 N–H and O–H groups in total. The van der Waals surface area contributed by atoms with Crippen LogP contribution in [0.3, 0.4) is 0 Å². The smallest absolute Gasteiger partial charge is 0.160 e. The molecular formula is C25H24FN5O. The minimum atomic E-state index is -0.985. The summed E-state index contributed by atoms with van der Waals surface area (Å²) in [6.07, 6.45) is 7.69. The summed E-state index contributed by atoms with van der Waals surface area (Å²) in [6.45, 7) is 0.425. The van der Waals surface area contributed by atoms with Crippen LogP contribution in [0.2, 0.25) is 0 Å². The molecule has 0 amide bonds. The van der Waals surface area contributed by atoms with E-state index in [0.717, 1.165) is 37.1 Å². The Kier molecular flexibility index (Phi) is 4.47. The van der Waals surface area contributed by atoms with Crippen LogP contribution in [0.1, 0.15) is 42.6 Å². The average molecular weight is 429 g/mol. The van der Waals surface area contributed by atoms with Gasteiger partial charge in [0.2, 0.25) is 0 Å². The molecule has 1 aliphatic heterocycles. The van der Waals surface area contributed by atoms with Crippen molar-refractivity contribution in [3.63, 3.8) is 0 Å². The molecule has 4 aromatic rings. The Labute approximate surface area is 185 Å². The van der Waals surface area contributed by atoms with E-state index in [9.17, 15) is 9.50 Å². The van der Waals surface area contributed by atoms with Crippen molar-refractivity contribution in [3.05, 3.63) is 84.0 Å². The molecule has 1 unspecified atom stereocenters. The van der Waals surface area contributed by atoms with E-state index < -0.39 is 5.60 Å². The van der Waals surface area contributed by atoms with E-state index in [1.807, 2.05) is 22.8 Å². The van der Waals surface area contributed by atoms with Crippen molar-refractivity contribution in [1.82, 2.24) is 24.3 Å². The van der Waals surface area contributed by atoms with Crippen molar-refractivity contribution in [2.24, 2.45) is 5.92 Å². The molecule has 1 aliphatic carbocycles. The predicted molar refractivity (Wildman–Crippen MR) is 118 cm³/mol. The minimum absolute atomic E-state index is 0.212. The molecule has 2 aliphatic rings. The Bertz CT molecular complexity index is 1280. The standard InChI is InChI=1S/C25H24FN5O/c26-19-10-11-21-20(13-19)24-27-15-29-31(24)14-22-23(28-16-30(21)22)25(32,18-8-9-18)12-4-7-17-5-2-1-3-6-17/h1-3,5-6,10-11,13,15-16,18,32H,4,7-9,12,14H2. The summed E-state index contributed by atoms with van der Waals surface area (Å²) >= 11 is 0. The molecule has 0 bridgehead atoms. The summed E-state index contributed by atoms with van der Waals surface area (Å²) in [7, 11) is 0. The predicted octanol–water partition coefficient (Wildman–Crippen LogP) is 4.25. The van der Waals surface area contributed by atoms with Gasteiger partial charge in [-0.1, -0.05) is 30.3 Å². The summed E-state index contributed by atoms with van der Waals surface area (Å²) in [5.41, 5.74) is 3.36. The molecule has 0 saturated heterocycles. The van der Waals surface area contributed by atoms with Crippen molar-refractivity contribution < 1.29 is 9.50 Å². The van der Waals surface area contributed by atoms with Gasteiger partial charge in [0.05, 0.1) is 29.9 Å². The van der Waals surface area contributed by atoms with Crippen molar-refractivity contribution in [2.45, 2.75) is 44.2 Å². The maximum atomic E-state index is 14.1. The molecule has 1 saturated carbocycles. The average Bonchev–Trinajstić information content (AvgIpc) is 3.46. The first-order valence-corrected chi connectivity index (χ1v) is 11.1. The van der Waals surface area contributed by atoms with Crippen molar-refractivity contribution in [2.75, 3.05) is 0 Å². The first-order chi connectivity index (χ1) is 15.6. The summed E-state index contributed by atoms with van der Waals surface area (Å²) in [5, 5.41) is 16.3. The lowest BCUT2D eigenvalue weighted by atomic mass is 9.86. The number of aryl methyl sites for hydroxylation is 1. The van der Waals surface area contributed by atoms with E-state index in [2.05, 4.69) is 22.2 Å². The first-order valence-electron chi connectivity index (χ1n) is 11.1. The number of nitrogens with zero attached hydrogens (tertiary/aromatic N) is 5. The number of benzene rings is 2. The molecule has 2 aromatic heterocycles. The van der Waals surface area contributed by atoms with Gasteiger partial charge in [0.25, 0.3) is 0 Å². The Morgan fingerprint density at radius 1 is 1.09 bits per heavy atom. The topological polar surface area (TPSA) is 68.8 Å². The van der Waals surface area contributed by atoms with Crippen LogP contribution < -0.4 is 0 Å².